The first-order chi connectivity index (χ1) is 15.2. The van der Waals surface area contributed by atoms with Gasteiger partial charge in [0.05, 0.1) is 50.8 Å². The van der Waals surface area contributed by atoms with Crippen LogP contribution in [0, 0.1) is 0 Å². The van der Waals surface area contributed by atoms with E-state index in [1.165, 1.54) is 0 Å². The van der Waals surface area contributed by atoms with E-state index in [0.29, 0.717) is 51.4 Å². The summed E-state index contributed by atoms with van der Waals surface area (Å²) in [5.41, 5.74) is 0. The van der Waals surface area contributed by atoms with Gasteiger partial charge in [0, 0.05) is 48.1 Å². The topological polar surface area (TPSA) is 243 Å². The Balaban J connectivity index is -0.000000105. The van der Waals surface area contributed by atoms with Crippen LogP contribution in [-0.2, 0) is 21.7 Å². The molecule has 0 aromatic carbocycles. The maximum Gasteiger partial charge on any atom is 0.0771 e. The summed E-state index contributed by atoms with van der Waals surface area (Å²) in [6.45, 7) is -0.512. The van der Waals surface area contributed by atoms with Gasteiger partial charge in [0.1, 0.15) is 0 Å². The van der Waals surface area contributed by atoms with E-state index in [1.54, 1.807) is 0 Å². The van der Waals surface area contributed by atoms with Crippen LogP contribution in [0.1, 0.15) is 51.4 Å². The van der Waals surface area contributed by atoms with E-state index >= 15 is 0 Å². The number of aliphatic hydroxyl groups excluding tert-OH is 12. The fraction of sp³-hybridized carbons (Fsp3) is 1.00. The van der Waals surface area contributed by atoms with Gasteiger partial charge in [-0.15, -0.1) is 0 Å². The van der Waals surface area contributed by atoms with E-state index in [-0.39, 0.29) is 74.6 Å². The van der Waals surface area contributed by atoms with Crippen molar-refractivity contribution in [3.8, 4) is 0 Å². The van der Waals surface area contributed by atoms with Gasteiger partial charge in [-0.3, -0.25) is 0 Å². The zero-order chi connectivity index (χ0) is 25.6. The van der Waals surface area contributed by atoms with Crippen LogP contribution >= 0.6 is 0 Å². The zero-order valence-electron chi connectivity index (χ0n) is 19.5. The molecule has 0 aliphatic rings. The molecule has 0 bridgehead atoms. The van der Waals surface area contributed by atoms with Crippen molar-refractivity contribution in [2.24, 2.45) is 0 Å². The second-order valence-electron chi connectivity index (χ2n) is 6.81. The smallest absolute Gasteiger partial charge is 0.0771 e. The molecule has 0 fully saturated rings. The van der Waals surface area contributed by atoms with Gasteiger partial charge in [0.25, 0.3) is 0 Å². The van der Waals surface area contributed by atoms with Crippen molar-refractivity contribution in [2.75, 3.05) is 52.9 Å². The molecule has 0 saturated heterocycles. The minimum atomic E-state index is -0.651. The van der Waals surface area contributed by atoms with E-state index in [2.05, 4.69) is 0 Å². The van der Waals surface area contributed by atoms with E-state index < -0.39 is 24.4 Å². The Bertz CT molecular complexity index is 250. The first kappa shape index (κ1) is 43.3. The van der Waals surface area contributed by atoms with Crippen molar-refractivity contribution >= 4 is 0 Å². The minimum absolute atomic E-state index is 0. The fourth-order valence-electron chi connectivity index (χ4n) is 1.67. The quantitative estimate of drug-likeness (QED) is 0.0871. The van der Waals surface area contributed by atoms with Crippen LogP contribution in [0.25, 0.3) is 0 Å². The number of hydrogen-bond acceptors (Lipinski definition) is 12. The van der Waals surface area contributed by atoms with Crippen LogP contribution in [0.3, 0.4) is 0 Å². The molecule has 204 valence electrons. The first-order valence-electron chi connectivity index (χ1n) is 10.8. The van der Waals surface area contributed by atoms with E-state index in [9.17, 15) is 0 Å². The molecule has 0 heterocycles. The van der Waals surface area contributed by atoms with Crippen molar-refractivity contribution in [2.45, 2.75) is 75.8 Å². The minimum Gasteiger partial charge on any atom is -0.396 e. The molecule has 0 spiro atoms. The molecule has 0 rings (SSSR count). The summed E-state index contributed by atoms with van der Waals surface area (Å²) in [6, 6.07) is 0. The Labute approximate surface area is 211 Å². The van der Waals surface area contributed by atoms with Gasteiger partial charge in [-0.2, -0.15) is 0 Å². The zero-order valence-corrected chi connectivity index (χ0v) is 21.1. The average molecular weight is 528 g/mol. The third-order valence-electron chi connectivity index (χ3n) is 3.62. The maximum absolute atomic E-state index is 8.63. The molecule has 0 aliphatic heterocycles. The Morgan fingerprint density at radius 1 is 0.333 bits per heavy atom. The fourth-order valence-corrected chi connectivity index (χ4v) is 1.67. The molecule has 0 aliphatic carbocycles. The van der Waals surface area contributed by atoms with Crippen LogP contribution in [0.4, 0.5) is 0 Å². The van der Waals surface area contributed by atoms with Gasteiger partial charge in [-0.25, -0.2) is 0 Å². The van der Waals surface area contributed by atoms with Crippen LogP contribution in [0.15, 0.2) is 0 Å². The molecule has 12 nitrogen and oxygen atoms in total. The Morgan fingerprint density at radius 2 is 0.485 bits per heavy atom. The average Bonchev–Trinajstić information content (AvgIpc) is 2.83. The Kier molecular flexibility index (Phi) is 51.8. The van der Waals surface area contributed by atoms with Crippen LogP contribution in [0.5, 0.6) is 0 Å². The summed E-state index contributed by atoms with van der Waals surface area (Å²) < 4.78 is 0. The van der Waals surface area contributed by atoms with Gasteiger partial charge in [0.15, 0.2) is 0 Å². The second-order valence-corrected chi connectivity index (χ2v) is 6.81. The van der Waals surface area contributed by atoms with Crippen LogP contribution in [-0.4, -0.2) is 139 Å². The molecule has 0 amide bonds. The van der Waals surface area contributed by atoms with E-state index in [4.69, 9.17) is 61.3 Å². The number of rotatable bonds is 16. The van der Waals surface area contributed by atoms with Gasteiger partial charge >= 0.3 is 0 Å². The van der Waals surface area contributed by atoms with E-state index in [1.807, 2.05) is 0 Å². The largest absolute Gasteiger partial charge is 0.396 e. The molecular formula is C20H48O12Ti. The van der Waals surface area contributed by atoms with Crippen molar-refractivity contribution in [1.29, 1.82) is 0 Å². The Hall–Kier alpha value is 0.234. The molecule has 13 heteroatoms. The SMILES string of the molecule is OCCCC(O)CO.OCCCC(O)CO.OCCCC(O)CO.OCCCC(O)CO.[Ti]. The summed E-state index contributed by atoms with van der Waals surface area (Å²) in [4.78, 5) is 0. The van der Waals surface area contributed by atoms with Crippen LogP contribution < -0.4 is 0 Å². The summed E-state index contributed by atoms with van der Waals surface area (Å²) >= 11 is 0. The molecular weight excluding hydrogens is 480 g/mol. The Morgan fingerprint density at radius 3 is 0.576 bits per heavy atom. The van der Waals surface area contributed by atoms with Gasteiger partial charge < -0.3 is 61.3 Å². The van der Waals surface area contributed by atoms with Crippen molar-refractivity contribution in [3.63, 3.8) is 0 Å². The first-order valence-corrected chi connectivity index (χ1v) is 10.8. The molecule has 0 saturated carbocycles. The summed E-state index contributed by atoms with van der Waals surface area (Å²) in [5, 5.41) is 100. The predicted octanol–water partition coefficient (Wildman–Crippen LogP) is -3.55. The van der Waals surface area contributed by atoms with E-state index in [0.717, 1.165) is 0 Å². The van der Waals surface area contributed by atoms with Gasteiger partial charge in [-0.1, -0.05) is 0 Å². The monoisotopic (exact) mass is 528 g/mol. The summed E-state index contributed by atoms with van der Waals surface area (Å²) in [5.74, 6) is 0. The number of hydrogen-bond donors (Lipinski definition) is 12. The summed E-state index contributed by atoms with van der Waals surface area (Å²) in [6.07, 6.45) is 1.54. The van der Waals surface area contributed by atoms with Crippen molar-refractivity contribution in [1.82, 2.24) is 0 Å². The molecule has 12 N–H and O–H groups in total. The molecule has 33 heavy (non-hydrogen) atoms. The molecule has 4 atom stereocenters. The van der Waals surface area contributed by atoms with Crippen molar-refractivity contribution < 1.29 is 83.0 Å². The predicted molar refractivity (Wildman–Crippen MR) is 118 cm³/mol. The molecule has 4 unspecified atom stereocenters. The normalized spacial score (nSPS) is 13.5. The second kappa shape index (κ2) is 39.4. The maximum atomic E-state index is 8.63. The third-order valence-corrected chi connectivity index (χ3v) is 3.62. The molecule has 0 aromatic heterocycles. The standard InChI is InChI=1S/4C5H12O3.Ti/c4*6-3-1-2-5(8)4-7;/h4*5-8H,1-4H2;. The number of aliphatic hydroxyl groups is 12. The van der Waals surface area contributed by atoms with Crippen molar-refractivity contribution in [3.05, 3.63) is 0 Å². The van der Waals surface area contributed by atoms with Gasteiger partial charge in [0.2, 0.25) is 0 Å². The molecule has 0 radical (unpaired) electrons. The van der Waals surface area contributed by atoms with Gasteiger partial charge in [-0.05, 0) is 51.4 Å². The van der Waals surface area contributed by atoms with Crippen LogP contribution in [0.2, 0.25) is 0 Å². The molecule has 0 aromatic rings. The third kappa shape index (κ3) is 50.2. The summed E-state index contributed by atoms with van der Waals surface area (Å²) in [7, 11) is 0.